The van der Waals surface area contributed by atoms with E-state index in [1.54, 1.807) is 24.3 Å². The number of nitrogens with one attached hydrogen (secondary N) is 1. The number of pyridine rings is 1. The molecule has 0 unspecified atom stereocenters. The maximum Gasteiger partial charge on any atom is 0.253 e. The average molecular weight is 265 g/mol. The standard InChI is InChI=1S/C15H11N3O2/c16-8-13-7-6-12(9-17-13)15(20)18-10-14(19)11-4-2-1-3-5-11/h1-7,9H,10H2,(H,18,20). The number of hydrogen-bond acceptors (Lipinski definition) is 4. The smallest absolute Gasteiger partial charge is 0.253 e. The minimum absolute atomic E-state index is 0.0805. The summed E-state index contributed by atoms with van der Waals surface area (Å²) in [7, 11) is 0. The number of carbonyl (C=O) groups is 2. The third-order valence-corrected chi connectivity index (χ3v) is 2.65. The number of ketones is 1. The van der Waals surface area contributed by atoms with Gasteiger partial charge in [0.25, 0.3) is 5.91 Å². The van der Waals surface area contributed by atoms with E-state index in [0.717, 1.165) is 0 Å². The summed E-state index contributed by atoms with van der Waals surface area (Å²) < 4.78 is 0. The Hall–Kier alpha value is -3.00. The second-order valence-electron chi connectivity index (χ2n) is 4.02. The van der Waals surface area contributed by atoms with Gasteiger partial charge in [-0.15, -0.1) is 0 Å². The molecule has 2 aromatic rings. The van der Waals surface area contributed by atoms with Crippen LogP contribution in [0.5, 0.6) is 0 Å². The molecule has 5 nitrogen and oxygen atoms in total. The SMILES string of the molecule is N#Cc1ccc(C(=O)NCC(=O)c2ccccc2)cn1. The zero-order valence-electron chi connectivity index (χ0n) is 10.5. The summed E-state index contributed by atoms with van der Waals surface area (Å²) in [4.78, 5) is 27.4. The summed E-state index contributed by atoms with van der Waals surface area (Å²) in [5, 5.41) is 11.1. The highest BCUT2D eigenvalue weighted by Gasteiger charge is 2.09. The number of Topliss-reactive ketones (excluding diaryl/α,β-unsaturated/α-hetero) is 1. The Kier molecular flexibility index (Phi) is 4.20. The van der Waals surface area contributed by atoms with Crippen LogP contribution in [0.25, 0.3) is 0 Å². The molecule has 0 atom stereocenters. The van der Waals surface area contributed by atoms with Gasteiger partial charge in [-0.25, -0.2) is 4.98 Å². The van der Waals surface area contributed by atoms with Crippen molar-refractivity contribution in [2.24, 2.45) is 0 Å². The van der Waals surface area contributed by atoms with E-state index in [1.165, 1.54) is 18.3 Å². The second kappa shape index (κ2) is 6.25. The van der Waals surface area contributed by atoms with Crippen molar-refractivity contribution in [1.82, 2.24) is 10.3 Å². The van der Waals surface area contributed by atoms with Gasteiger partial charge in [0.05, 0.1) is 12.1 Å². The Morgan fingerprint density at radius 3 is 2.45 bits per heavy atom. The first kappa shape index (κ1) is 13.4. The predicted molar refractivity (Wildman–Crippen MR) is 72.1 cm³/mol. The molecule has 1 aromatic carbocycles. The Bertz CT molecular complexity index is 658. The van der Waals surface area contributed by atoms with Crippen molar-refractivity contribution in [3.63, 3.8) is 0 Å². The minimum atomic E-state index is -0.397. The number of rotatable bonds is 4. The first-order valence-corrected chi connectivity index (χ1v) is 5.93. The normalized spacial score (nSPS) is 9.55. The van der Waals surface area contributed by atoms with Crippen molar-refractivity contribution >= 4 is 11.7 Å². The lowest BCUT2D eigenvalue weighted by molar-refractivity contribution is 0.0904. The quantitative estimate of drug-likeness (QED) is 0.850. The monoisotopic (exact) mass is 265 g/mol. The number of aromatic nitrogens is 1. The number of hydrogen-bond donors (Lipinski definition) is 1. The molecule has 20 heavy (non-hydrogen) atoms. The van der Waals surface area contributed by atoms with Gasteiger partial charge in [-0.05, 0) is 12.1 Å². The number of carbonyl (C=O) groups excluding carboxylic acids is 2. The van der Waals surface area contributed by atoms with Crippen LogP contribution >= 0.6 is 0 Å². The van der Waals surface area contributed by atoms with Gasteiger partial charge in [0.2, 0.25) is 0 Å². The molecule has 0 bridgehead atoms. The van der Waals surface area contributed by atoms with E-state index in [9.17, 15) is 9.59 Å². The molecule has 5 heteroatoms. The van der Waals surface area contributed by atoms with Crippen molar-refractivity contribution in [1.29, 1.82) is 5.26 Å². The van der Waals surface area contributed by atoms with Crippen LogP contribution in [0.1, 0.15) is 26.4 Å². The molecular weight excluding hydrogens is 254 g/mol. The van der Waals surface area contributed by atoms with Crippen molar-refractivity contribution in [3.05, 3.63) is 65.5 Å². The van der Waals surface area contributed by atoms with E-state index in [4.69, 9.17) is 5.26 Å². The van der Waals surface area contributed by atoms with Crippen LogP contribution in [0.15, 0.2) is 48.7 Å². The molecule has 1 amide bonds. The van der Waals surface area contributed by atoms with E-state index >= 15 is 0 Å². The topological polar surface area (TPSA) is 82.9 Å². The molecule has 2 rings (SSSR count). The van der Waals surface area contributed by atoms with Gasteiger partial charge in [0, 0.05) is 11.8 Å². The highest BCUT2D eigenvalue weighted by atomic mass is 16.2. The molecule has 1 aromatic heterocycles. The maximum atomic E-state index is 11.8. The van der Waals surface area contributed by atoms with Crippen LogP contribution in [-0.2, 0) is 0 Å². The first-order chi connectivity index (χ1) is 9.70. The predicted octanol–water partition coefficient (Wildman–Crippen LogP) is 1.57. The summed E-state index contributed by atoms with van der Waals surface area (Å²) in [5.41, 5.74) is 1.09. The Morgan fingerprint density at radius 2 is 1.85 bits per heavy atom. The van der Waals surface area contributed by atoms with E-state index in [2.05, 4.69) is 10.3 Å². The molecule has 0 fully saturated rings. The van der Waals surface area contributed by atoms with Gasteiger partial charge < -0.3 is 5.32 Å². The van der Waals surface area contributed by atoms with Gasteiger partial charge >= 0.3 is 0 Å². The zero-order valence-corrected chi connectivity index (χ0v) is 10.5. The van der Waals surface area contributed by atoms with Gasteiger partial charge in [-0.3, -0.25) is 9.59 Å². The average Bonchev–Trinajstić information content (AvgIpc) is 2.53. The Balaban J connectivity index is 1.95. The first-order valence-electron chi connectivity index (χ1n) is 5.93. The van der Waals surface area contributed by atoms with Crippen molar-refractivity contribution in [2.45, 2.75) is 0 Å². The van der Waals surface area contributed by atoms with Crippen LogP contribution < -0.4 is 5.32 Å². The van der Waals surface area contributed by atoms with E-state index in [-0.39, 0.29) is 18.0 Å². The molecule has 1 N–H and O–H groups in total. The zero-order chi connectivity index (χ0) is 14.4. The van der Waals surface area contributed by atoms with E-state index in [1.807, 2.05) is 12.1 Å². The van der Waals surface area contributed by atoms with E-state index in [0.29, 0.717) is 11.1 Å². The van der Waals surface area contributed by atoms with Crippen LogP contribution in [-0.4, -0.2) is 23.2 Å². The molecule has 0 aliphatic carbocycles. The van der Waals surface area contributed by atoms with Crippen LogP contribution in [0.3, 0.4) is 0 Å². The third kappa shape index (κ3) is 3.27. The van der Waals surface area contributed by atoms with Crippen LogP contribution in [0, 0.1) is 11.3 Å². The number of nitriles is 1. The molecule has 0 radical (unpaired) electrons. The molecule has 0 saturated carbocycles. The number of benzene rings is 1. The fourth-order valence-corrected chi connectivity index (χ4v) is 1.58. The fraction of sp³-hybridized carbons (Fsp3) is 0.0667. The number of nitrogens with zero attached hydrogens (tertiary/aromatic N) is 2. The summed E-state index contributed by atoms with van der Waals surface area (Å²) in [6.07, 6.45) is 1.31. The Morgan fingerprint density at radius 1 is 1.10 bits per heavy atom. The third-order valence-electron chi connectivity index (χ3n) is 2.65. The van der Waals surface area contributed by atoms with Gasteiger partial charge in [-0.2, -0.15) is 5.26 Å². The van der Waals surface area contributed by atoms with Crippen LogP contribution in [0.2, 0.25) is 0 Å². The van der Waals surface area contributed by atoms with Crippen LogP contribution in [0.4, 0.5) is 0 Å². The molecule has 0 spiro atoms. The highest BCUT2D eigenvalue weighted by molar-refractivity contribution is 6.02. The molecule has 0 aliphatic rings. The van der Waals surface area contributed by atoms with Gasteiger partial charge in [-0.1, -0.05) is 30.3 Å². The lowest BCUT2D eigenvalue weighted by Gasteiger charge is -2.04. The second-order valence-corrected chi connectivity index (χ2v) is 4.02. The lowest BCUT2D eigenvalue weighted by Crippen LogP contribution is -2.29. The number of amides is 1. The molecule has 1 heterocycles. The molecule has 0 saturated heterocycles. The van der Waals surface area contributed by atoms with Gasteiger partial charge in [0.15, 0.2) is 5.78 Å². The van der Waals surface area contributed by atoms with Crippen molar-refractivity contribution < 1.29 is 9.59 Å². The largest absolute Gasteiger partial charge is 0.345 e. The van der Waals surface area contributed by atoms with Gasteiger partial charge in [0.1, 0.15) is 11.8 Å². The molecular formula is C15H11N3O2. The maximum absolute atomic E-state index is 11.8. The summed E-state index contributed by atoms with van der Waals surface area (Å²) in [6, 6.07) is 13.5. The minimum Gasteiger partial charge on any atom is -0.345 e. The highest BCUT2D eigenvalue weighted by Crippen LogP contribution is 2.01. The van der Waals surface area contributed by atoms with Crippen molar-refractivity contribution in [3.8, 4) is 6.07 Å². The summed E-state index contributed by atoms with van der Waals surface area (Å²) >= 11 is 0. The fourth-order valence-electron chi connectivity index (χ4n) is 1.58. The summed E-state index contributed by atoms with van der Waals surface area (Å²) in [5.74, 6) is -0.563. The molecule has 0 aliphatic heterocycles. The van der Waals surface area contributed by atoms with Crippen molar-refractivity contribution in [2.75, 3.05) is 6.54 Å². The molecule has 98 valence electrons. The van der Waals surface area contributed by atoms with E-state index < -0.39 is 5.91 Å². The lowest BCUT2D eigenvalue weighted by atomic mass is 10.1. The Labute approximate surface area is 115 Å². The summed E-state index contributed by atoms with van der Waals surface area (Å²) in [6.45, 7) is -0.0805.